The van der Waals surface area contributed by atoms with Crippen LogP contribution in [0.5, 0.6) is 5.75 Å². The van der Waals surface area contributed by atoms with E-state index >= 15 is 0 Å². The summed E-state index contributed by atoms with van der Waals surface area (Å²) >= 11 is 0. The fourth-order valence-corrected chi connectivity index (χ4v) is 6.26. The molecule has 4 bridgehead atoms. The second kappa shape index (κ2) is 6.55. The average Bonchev–Trinajstić information content (AvgIpc) is 2.65. The molecule has 4 aliphatic carbocycles. The van der Waals surface area contributed by atoms with Crippen LogP contribution in [0.15, 0.2) is 54.1 Å². The number of rotatable bonds is 3. The monoisotopic (exact) mass is 358 g/mol. The molecule has 2 aromatic rings. The maximum atomic E-state index is 9.80. The quantitative estimate of drug-likeness (QED) is 0.641. The second-order valence-electron chi connectivity index (χ2n) is 9.46. The van der Waals surface area contributed by atoms with Crippen LogP contribution in [0.4, 0.5) is 0 Å². The van der Waals surface area contributed by atoms with E-state index in [2.05, 4.69) is 50.2 Å². The number of aromatic hydroxyl groups is 1. The maximum absolute atomic E-state index is 9.80. The van der Waals surface area contributed by atoms with Crippen molar-refractivity contribution in [2.24, 2.45) is 23.7 Å². The van der Waals surface area contributed by atoms with Gasteiger partial charge in [0.15, 0.2) is 0 Å². The van der Waals surface area contributed by atoms with Crippen LogP contribution in [-0.4, -0.2) is 5.11 Å². The minimum Gasteiger partial charge on any atom is -0.508 e. The Morgan fingerprint density at radius 3 is 1.70 bits per heavy atom. The molecule has 1 N–H and O–H groups in total. The fraction of sp³-hybridized carbons (Fsp3) is 0.462. The van der Waals surface area contributed by atoms with Crippen LogP contribution in [0, 0.1) is 23.7 Å². The lowest BCUT2D eigenvalue weighted by Crippen LogP contribution is -2.40. The van der Waals surface area contributed by atoms with Crippen LogP contribution in [0.25, 0.3) is 5.57 Å². The number of phenols is 1. The third-order valence-electron chi connectivity index (χ3n) is 7.33. The van der Waals surface area contributed by atoms with Crippen molar-refractivity contribution < 1.29 is 5.11 Å². The Bertz CT molecular complexity index is 824. The Morgan fingerprint density at radius 1 is 0.741 bits per heavy atom. The summed E-state index contributed by atoms with van der Waals surface area (Å²) in [5.74, 6) is 4.40. The first-order valence-electron chi connectivity index (χ1n) is 10.7. The molecule has 4 saturated carbocycles. The molecule has 4 aliphatic rings. The Hall–Kier alpha value is -2.02. The summed E-state index contributed by atoms with van der Waals surface area (Å²) in [6, 6.07) is 17.2. The summed E-state index contributed by atoms with van der Waals surface area (Å²) in [6.45, 7) is 4.51. The van der Waals surface area contributed by atoms with Gasteiger partial charge in [-0.25, -0.2) is 0 Å². The highest BCUT2D eigenvalue weighted by molar-refractivity contribution is 5.83. The second-order valence-corrected chi connectivity index (χ2v) is 9.46. The van der Waals surface area contributed by atoms with Gasteiger partial charge in [0.1, 0.15) is 5.75 Å². The molecule has 1 nitrogen and oxygen atoms in total. The molecule has 4 fully saturated rings. The molecule has 0 heterocycles. The Balaban J connectivity index is 1.66. The van der Waals surface area contributed by atoms with Gasteiger partial charge in [0, 0.05) is 0 Å². The molecule has 27 heavy (non-hydrogen) atoms. The Labute approximate surface area is 163 Å². The van der Waals surface area contributed by atoms with E-state index in [0.29, 0.717) is 11.7 Å². The zero-order valence-electron chi connectivity index (χ0n) is 16.5. The first-order chi connectivity index (χ1) is 13.1. The molecule has 0 amide bonds. The summed E-state index contributed by atoms with van der Waals surface area (Å²) in [4.78, 5) is 0. The van der Waals surface area contributed by atoms with Crippen molar-refractivity contribution in [3.8, 4) is 5.75 Å². The van der Waals surface area contributed by atoms with E-state index in [4.69, 9.17) is 0 Å². The van der Waals surface area contributed by atoms with Crippen molar-refractivity contribution in [2.45, 2.75) is 51.9 Å². The lowest BCUT2D eigenvalue weighted by atomic mass is 9.53. The average molecular weight is 359 g/mol. The highest BCUT2D eigenvalue weighted by Gasteiger charge is 2.46. The van der Waals surface area contributed by atoms with Crippen molar-refractivity contribution in [1.82, 2.24) is 0 Å². The predicted molar refractivity (Wildman–Crippen MR) is 112 cm³/mol. The maximum Gasteiger partial charge on any atom is 0.115 e. The molecule has 0 unspecified atom stereocenters. The smallest absolute Gasteiger partial charge is 0.115 e. The van der Waals surface area contributed by atoms with Gasteiger partial charge < -0.3 is 5.11 Å². The summed E-state index contributed by atoms with van der Waals surface area (Å²) in [5.41, 5.74) is 7.21. The molecule has 0 radical (unpaired) electrons. The molecular formula is C26H30O. The SMILES string of the molecule is CC(C)c1ccc(C(=C2C3CC4CC(C3)CC2C4)c2ccc(O)cc2)cc1. The van der Waals surface area contributed by atoms with E-state index < -0.39 is 0 Å². The van der Waals surface area contributed by atoms with Crippen molar-refractivity contribution in [3.63, 3.8) is 0 Å². The topological polar surface area (TPSA) is 20.2 Å². The molecule has 0 atom stereocenters. The van der Waals surface area contributed by atoms with Gasteiger partial charge in [-0.05, 0) is 96.1 Å². The van der Waals surface area contributed by atoms with Crippen LogP contribution in [0.3, 0.4) is 0 Å². The van der Waals surface area contributed by atoms with E-state index in [-0.39, 0.29) is 0 Å². The molecule has 1 heteroatoms. The van der Waals surface area contributed by atoms with Gasteiger partial charge in [0.2, 0.25) is 0 Å². The summed E-state index contributed by atoms with van der Waals surface area (Å²) in [6.07, 6.45) is 7.07. The van der Waals surface area contributed by atoms with E-state index in [0.717, 1.165) is 23.7 Å². The van der Waals surface area contributed by atoms with Crippen LogP contribution in [0.1, 0.15) is 68.6 Å². The molecule has 0 spiro atoms. The normalized spacial score (nSPS) is 28.8. The molecule has 0 aromatic heterocycles. The zero-order valence-corrected chi connectivity index (χ0v) is 16.5. The first kappa shape index (κ1) is 17.1. The van der Waals surface area contributed by atoms with Gasteiger partial charge in [-0.1, -0.05) is 55.8 Å². The molecule has 6 rings (SSSR count). The fourth-order valence-electron chi connectivity index (χ4n) is 6.26. The minimum absolute atomic E-state index is 0.350. The summed E-state index contributed by atoms with van der Waals surface area (Å²) in [7, 11) is 0. The van der Waals surface area contributed by atoms with E-state index in [1.165, 1.54) is 54.4 Å². The van der Waals surface area contributed by atoms with Crippen LogP contribution in [-0.2, 0) is 0 Å². The minimum atomic E-state index is 0.350. The van der Waals surface area contributed by atoms with Crippen LogP contribution in [0.2, 0.25) is 0 Å². The highest BCUT2D eigenvalue weighted by atomic mass is 16.3. The lowest BCUT2D eigenvalue weighted by molar-refractivity contribution is 0.0705. The number of allylic oxidation sites excluding steroid dienone is 1. The number of hydrogen-bond acceptors (Lipinski definition) is 1. The molecular weight excluding hydrogens is 328 g/mol. The number of benzene rings is 2. The Kier molecular flexibility index (Phi) is 4.15. The molecule has 2 aromatic carbocycles. The van der Waals surface area contributed by atoms with Gasteiger partial charge in [-0.3, -0.25) is 0 Å². The van der Waals surface area contributed by atoms with E-state index in [1.807, 2.05) is 12.1 Å². The van der Waals surface area contributed by atoms with Crippen molar-refractivity contribution in [1.29, 1.82) is 0 Å². The lowest BCUT2D eigenvalue weighted by Gasteiger charge is -2.52. The van der Waals surface area contributed by atoms with Gasteiger partial charge in [0.05, 0.1) is 0 Å². The van der Waals surface area contributed by atoms with Crippen molar-refractivity contribution in [3.05, 3.63) is 70.8 Å². The van der Waals surface area contributed by atoms with E-state index in [1.54, 1.807) is 5.57 Å². The third kappa shape index (κ3) is 3.02. The zero-order chi connectivity index (χ0) is 18.5. The molecule has 0 aliphatic heterocycles. The van der Waals surface area contributed by atoms with Gasteiger partial charge in [0.25, 0.3) is 0 Å². The van der Waals surface area contributed by atoms with E-state index in [9.17, 15) is 5.11 Å². The van der Waals surface area contributed by atoms with Crippen molar-refractivity contribution >= 4 is 5.57 Å². The Morgan fingerprint density at radius 2 is 1.22 bits per heavy atom. The van der Waals surface area contributed by atoms with Gasteiger partial charge in [-0.2, -0.15) is 0 Å². The molecule has 140 valence electrons. The number of hydrogen-bond donors (Lipinski definition) is 1. The largest absolute Gasteiger partial charge is 0.508 e. The first-order valence-corrected chi connectivity index (χ1v) is 10.7. The van der Waals surface area contributed by atoms with Gasteiger partial charge >= 0.3 is 0 Å². The third-order valence-corrected chi connectivity index (χ3v) is 7.33. The molecule has 0 saturated heterocycles. The highest BCUT2D eigenvalue weighted by Crippen LogP contribution is 2.58. The summed E-state index contributed by atoms with van der Waals surface area (Å²) < 4.78 is 0. The standard InChI is InChI=1S/C26H30O/c1-16(2)19-3-5-20(6-4-19)25(21-7-9-24(27)10-8-21)26-22-12-17-11-18(14-22)15-23(26)13-17/h3-10,16-18,22-23,27H,11-15H2,1-2H3. The number of phenolic OH excluding ortho intramolecular Hbond substituents is 1. The van der Waals surface area contributed by atoms with Gasteiger partial charge in [-0.15, -0.1) is 0 Å². The van der Waals surface area contributed by atoms with Crippen LogP contribution < -0.4 is 0 Å². The summed E-state index contributed by atoms with van der Waals surface area (Å²) in [5, 5.41) is 9.80. The predicted octanol–water partition coefficient (Wildman–Crippen LogP) is 6.77. The van der Waals surface area contributed by atoms with Crippen molar-refractivity contribution in [2.75, 3.05) is 0 Å². The van der Waals surface area contributed by atoms with Crippen LogP contribution >= 0.6 is 0 Å².